The Bertz CT molecular complexity index is 648. The summed E-state index contributed by atoms with van der Waals surface area (Å²) < 4.78 is 24.4. The van der Waals surface area contributed by atoms with Gasteiger partial charge in [-0.05, 0) is 11.5 Å². The molecule has 0 amide bonds. The highest BCUT2D eigenvalue weighted by atomic mass is 19.1. The van der Waals surface area contributed by atoms with Crippen LogP contribution in [0.15, 0.2) is 36.4 Å². The highest BCUT2D eigenvalue weighted by Crippen LogP contribution is 2.37. The second-order valence-electron chi connectivity index (χ2n) is 5.87. The molecule has 0 saturated heterocycles. The van der Waals surface area contributed by atoms with Crippen LogP contribution in [0.4, 0.5) is 10.1 Å². The first-order valence-electron chi connectivity index (χ1n) is 6.73. The summed E-state index contributed by atoms with van der Waals surface area (Å²) >= 11 is 0. The molecule has 0 atom stereocenters. The third-order valence-electron chi connectivity index (χ3n) is 3.20. The van der Waals surface area contributed by atoms with Crippen LogP contribution in [0.5, 0.6) is 17.2 Å². The summed E-state index contributed by atoms with van der Waals surface area (Å²) in [5.41, 5.74) is 7.04. The first-order chi connectivity index (χ1) is 9.82. The molecule has 0 aliphatic rings. The van der Waals surface area contributed by atoms with E-state index in [-0.39, 0.29) is 16.9 Å². The molecule has 21 heavy (non-hydrogen) atoms. The zero-order valence-electron chi connectivity index (χ0n) is 12.7. The number of anilines is 1. The van der Waals surface area contributed by atoms with Gasteiger partial charge in [0.1, 0.15) is 5.75 Å². The van der Waals surface area contributed by atoms with Gasteiger partial charge in [0, 0.05) is 17.7 Å². The molecule has 0 spiro atoms. The second kappa shape index (κ2) is 5.64. The van der Waals surface area contributed by atoms with Gasteiger partial charge in [-0.2, -0.15) is 0 Å². The van der Waals surface area contributed by atoms with Gasteiger partial charge in [-0.15, -0.1) is 0 Å². The van der Waals surface area contributed by atoms with E-state index in [0.717, 1.165) is 5.56 Å². The Morgan fingerprint density at radius 2 is 1.67 bits per heavy atom. The molecule has 4 heteroatoms. The van der Waals surface area contributed by atoms with Crippen molar-refractivity contribution < 1.29 is 13.9 Å². The van der Waals surface area contributed by atoms with Crippen molar-refractivity contribution in [3.05, 3.63) is 47.8 Å². The van der Waals surface area contributed by atoms with E-state index < -0.39 is 5.82 Å². The summed E-state index contributed by atoms with van der Waals surface area (Å²) in [6.07, 6.45) is 0. The smallest absolute Gasteiger partial charge is 0.167 e. The predicted octanol–water partition coefficient (Wildman–Crippen LogP) is 4.51. The summed E-state index contributed by atoms with van der Waals surface area (Å²) in [7, 11) is 1.40. The summed E-state index contributed by atoms with van der Waals surface area (Å²) in [6, 6.07) is 10.4. The van der Waals surface area contributed by atoms with E-state index in [1.165, 1.54) is 19.2 Å². The predicted molar refractivity (Wildman–Crippen MR) is 82.6 cm³/mol. The van der Waals surface area contributed by atoms with Crippen LogP contribution in [0.25, 0.3) is 0 Å². The number of nitrogen functional groups attached to an aromatic ring is 1. The van der Waals surface area contributed by atoms with Crippen LogP contribution in [0.1, 0.15) is 26.3 Å². The molecule has 0 saturated carbocycles. The van der Waals surface area contributed by atoms with E-state index in [1.807, 2.05) is 24.3 Å². The van der Waals surface area contributed by atoms with Crippen molar-refractivity contribution in [1.82, 2.24) is 0 Å². The van der Waals surface area contributed by atoms with E-state index in [2.05, 4.69) is 20.8 Å². The van der Waals surface area contributed by atoms with E-state index in [4.69, 9.17) is 15.2 Å². The van der Waals surface area contributed by atoms with Gasteiger partial charge in [0.15, 0.2) is 17.3 Å². The quantitative estimate of drug-likeness (QED) is 0.846. The molecule has 2 N–H and O–H groups in total. The minimum Gasteiger partial charge on any atom is -0.494 e. The Morgan fingerprint density at radius 3 is 2.29 bits per heavy atom. The number of rotatable bonds is 3. The van der Waals surface area contributed by atoms with Crippen molar-refractivity contribution in [2.75, 3.05) is 12.8 Å². The van der Waals surface area contributed by atoms with Crippen molar-refractivity contribution in [3.63, 3.8) is 0 Å². The fraction of sp³-hybridized carbons (Fsp3) is 0.294. The highest BCUT2D eigenvalue weighted by molar-refractivity contribution is 5.58. The third kappa shape index (κ3) is 3.27. The molecule has 0 fully saturated rings. The lowest BCUT2D eigenvalue weighted by atomic mass is 9.86. The Hall–Kier alpha value is -2.23. The topological polar surface area (TPSA) is 44.5 Å². The summed E-state index contributed by atoms with van der Waals surface area (Å²) in [4.78, 5) is 0. The number of para-hydroxylation sites is 1. The summed E-state index contributed by atoms with van der Waals surface area (Å²) in [5.74, 6) is 0.675. The molecule has 0 aliphatic heterocycles. The number of benzene rings is 2. The SMILES string of the molecule is COc1cc(Oc2ccccc2C(C)(C)C)c(N)cc1F. The maximum absolute atomic E-state index is 13.6. The van der Waals surface area contributed by atoms with Gasteiger partial charge in [0.05, 0.1) is 12.8 Å². The zero-order valence-corrected chi connectivity index (χ0v) is 12.7. The Labute approximate surface area is 124 Å². The molecule has 0 aromatic heterocycles. The maximum Gasteiger partial charge on any atom is 0.167 e. The van der Waals surface area contributed by atoms with Gasteiger partial charge in [-0.3, -0.25) is 0 Å². The van der Waals surface area contributed by atoms with Gasteiger partial charge in [-0.1, -0.05) is 39.0 Å². The van der Waals surface area contributed by atoms with Crippen molar-refractivity contribution in [3.8, 4) is 17.2 Å². The molecule has 0 bridgehead atoms. The lowest BCUT2D eigenvalue weighted by Gasteiger charge is -2.23. The van der Waals surface area contributed by atoms with E-state index in [0.29, 0.717) is 11.5 Å². The van der Waals surface area contributed by atoms with E-state index >= 15 is 0 Å². The van der Waals surface area contributed by atoms with Crippen molar-refractivity contribution >= 4 is 5.69 Å². The van der Waals surface area contributed by atoms with E-state index in [9.17, 15) is 4.39 Å². The maximum atomic E-state index is 13.6. The number of methoxy groups -OCH3 is 1. The van der Waals surface area contributed by atoms with Crippen LogP contribution in [0, 0.1) is 5.82 Å². The first-order valence-corrected chi connectivity index (χ1v) is 6.73. The second-order valence-corrected chi connectivity index (χ2v) is 5.87. The molecule has 2 rings (SSSR count). The van der Waals surface area contributed by atoms with Crippen LogP contribution in [-0.4, -0.2) is 7.11 Å². The number of hydrogen-bond donors (Lipinski definition) is 1. The zero-order chi connectivity index (χ0) is 15.6. The third-order valence-corrected chi connectivity index (χ3v) is 3.20. The number of nitrogens with two attached hydrogens (primary N) is 1. The molecular formula is C17H20FNO2. The van der Waals surface area contributed by atoms with Crippen molar-refractivity contribution in [2.45, 2.75) is 26.2 Å². The average Bonchev–Trinajstić information content (AvgIpc) is 2.41. The fourth-order valence-electron chi connectivity index (χ4n) is 2.09. The molecule has 2 aromatic rings. The molecule has 0 heterocycles. The molecule has 112 valence electrons. The molecule has 3 nitrogen and oxygen atoms in total. The number of ether oxygens (including phenoxy) is 2. The standard InChI is InChI=1S/C17H20FNO2/c1-17(2,3)11-7-5-6-8-14(11)21-16-10-15(20-4)12(18)9-13(16)19/h5-10H,19H2,1-4H3. The van der Waals surface area contributed by atoms with Crippen LogP contribution in [0.3, 0.4) is 0 Å². The lowest BCUT2D eigenvalue weighted by Crippen LogP contribution is -2.12. The van der Waals surface area contributed by atoms with Gasteiger partial charge < -0.3 is 15.2 Å². The normalized spacial score (nSPS) is 11.3. The highest BCUT2D eigenvalue weighted by Gasteiger charge is 2.20. The first kappa shape index (κ1) is 15.2. The fourth-order valence-corrected chi connectivity index (χ4v) is 2.09. The van der Waals surface area contributed by atoms with Gasteiger partial charge >= 0.3 is 0 Å². The Balaban J connectivity index is 2.44. The monoisotopic (exact) mass is 289 g/mol. The van der Waals surface area contributed by atoms with Gasteiger partial charge in [0.2, 0.25) is 0 Å². The molecule has 0 unspecified atom stereocenters. The Kier molecular flexibility index (Phi) is 4.07. The largest absolute Gasteiger partial charge is 0.494 e. The minimum absolute atomic E-state index is 0.0739. The average molecular weight is 289 g/mol. The van der Waals surface area contributed by atoms with Gasteiger partial charge in [-0.25, -0.2) is 4.39 Å². The summed E-state index contributed by atoms with van der Waals surface area (Å²) in [6.45, 7) is 6.30. The Morgan fingerprint density at radius 1 is 1.00 bits per heavy atom. The van der Waals surface area contributed by atoms with Crippen LogP contribution < -0.4 is 15.2 Å². The molecule has 0 radical (unpaired) electrons. The molecule has 0 aliphatic carbocycles. The van der Waals surface area contributed by atoms with Crippen LogP contribution >= 0.6 is 0 Å². The molecular weight excluding hydrogens is 269 g/mol. The number of hydrogen-bond acceptors (Lipinski definition) is 3. The van der Waals surface area contributed by atoms with Crippen LogP contribution in [0.2, 0.25) is 0 Å². The summed E-state index contributed by atoms with van der Waals surface area (Å²) in [5, 5.41) is 0. The van der Waals surface area contributed by atoms with Crippen LogP contribution in [-0.2, 0) is 5.41 Å². The van der Waals surface area contributed by atoms with Gasteiger partial charge in [0.25, 0.3) is 0 Å². The minimum atomic E-state index is -0.508. The van der Waals surface area contributed by atoms with Crippen molar-refractivity contribution in [2.24, 2.45) is 0 Å². The lowest BCUT2D eigenvalue weighted by molar-refractivity contribution is 0.381. The van der Waals surface area contributed by atoms with E-state index in [1.54, 1.807) is 0 Å². The number of halogens is 1. The van der Waals surface area contributed by atoms with Crippen molar-refractivity contribution in [1.29, 1.82) is 0 Å². The molecule has 2 aromatic carbocycles.